The molecule has 5 heteroatoms. The molecular weight excluding hydrogens is 399 g/mol. The molecule has 0 spiro atoms. The highest BCUT2D eigenvalue weighted by Gasteiger charge is 2.21. The van der Waals surface area contributed by atoms with Gasteiger partial charge in [0.15, 0.2) is 5.96 Å². The third kappa shape index (κ3) is 7.59. The van der Waals surface area contributed by atoms with Gasteiger partial charge in [-0.1, -0.05) is 20.8 Å². The largest absolute Gasteiger partial charge is 0.370 e. The molecule has 23 heavy (non-hydrogen) atoms. The maximum atomic E-state index is 6.12. The van der Waals surface area contributed by atoms with Gasteiger partial charge in [-0.2, -0.15) is 0 Å². The molecule has 0 bridgehead atoms. The second-order valence-electron chi connectivity index (χ2n) is 7.82. The molecule has 0 amide bonds. The van der Waals surface area contributed by atoms with Gasteiger partial charge >= 0.3 is 0 Å². The number of piperidine rings is 2. The van der Waals surface area contributed by atoms with Crippen LogP contribution in [-0.4, -0.2) is 55.0 Å². The Kier molecular flexibility index (Phi) is 9.82. The number of hydrogen-bond acceptors (Lipinski definition) is 2. The Hall–Kier alpha value is -0.0400. The maximum absolute atomic E-state index is 6.12. The number of halogens is 1. The summed E-state index contributed by atoms with van der Waals surface area (Å²) in [5.41, 5.74) is 6.12. The van der Waals surface area contributed by atoms with Crippen LogP contribution in [0.5, 0.6) is 0 Å². The molecule has 2 saturated heterocycles. The van der Waals surface area contributed by atoms with E-state index in [0.29, 0.717) is 0 Å². The summed E-state index contributed by atoms with van der Waals surface area (Å²) in [6.45, 7) is 13.9. The molecule has 2 fully saturated rings. The lowest BCUT2D eigenvalue weighted by molar-refractivity contribution is 0.139. The number of guanidine groups is 1. The van der Waals surface area contributed by atoms with Crippen LogP contribution in [0, 0.1) is 17.8 Å². The molecule has 0 aromatic carbocycles. The van der Waals surface area contributed by atoms with Gasteiger partial charge in [0.1, 0.15) is 0 Å². The summed E-state index contributed by atoms with van der Waals surface area (Å²) in [6, 6.07) is 0. The van der Waals surface area contributed by atoms with Crippen molar-refractivity contribution in [3.63, 3.8) is 0 Å². The van der Waals surface area contributed by atoms with E-state index in [1.54, 1.807) is 0 Å². The predicted molar refractivity (Wildman–Crippen MR) is 110 cm³/mol. The van der Waals surface area contributed by atoms with Gasteiger partial charge in [-0.05, 0) is 56.4 Å². The summed E-state index contributed by atoms with van der Waals surface area (Å²) in [4.78, 5) is 9.48. The molecule has 2 heterocycles. The van der Waals surface area contributed by atoms with E-state index in [0.717, 1.165) is 49.8 Å². The van der Waals surface area contributed by atoms with Crippen LogP contribution in [0.25, 0.3) is 0 Å². The summed E-state index contributed by atoms with van der Waals surface area (Å²) in [7, 11) is 0. The Morgan fingerprint density at radius 3 is 2.22 bits per heavy atom. The Morgan fingerprint density at radius 2 is 1.61 bits per heavy atom. The van der Waals surface area contributed by atoms with Gasteiger partial charge in [-0.15, -0.1) is 24.0 Å². The van der Waals surface area contributed by atoms with E-state index in [1.807, 2.05) is 0 Å². The molecule has 2 rings (SSSR count). The zero-order valence-electron chi connectivity index (χ0n) is 15.3. The monoisotopic (exact) mass is 436 g/mol. The molecule has 0 aliphatic carbocycles. The third-order valence-corrected chi connectivity index (χ3v) is 5.21. The molecule has 0 aromatic rings. The zero-order valence-corrected chi connectivity index (χ0v) is 17.7. The van der Waals surface area contributed by atoms with E-state index in [2.05, 4.69) is 35.6 Å². The Bertz CT molecular complexity index is 343. The van der Waals surface area contributed by atoms with Crippen molar-refractivity contribution in [3.8, 4) is 0 Å². The van der Waals surface area contributed by atoms with Crippen LogP contribution in [0.1, 0.15) is 52.9 Å². The number of nitrogens with zero attached hydrogens (tertiary/aromatic N) is 3. The molecule has 2 unspecified atom stereocenters. The molecule has 0 aromatic heterocycles. The molecule has 0 saturated carbocycles. The lowest BCUT2D eigenvalue weighted by Gasteiger charge is -2.34. The van der Waals surface area contributed by atoms with E-state index in [9.17, 15) is 0 Å². The highest BCUT2D eigenvalue weighted by Crippen LogP contribution is 2.21. The second-order valence-corrected chi connectivity index (χ2v) is 7.82. The van der Waals surface area contributed by atoms with Gasteiger partial charge in [-0.3, -0.25) is 4.99 Å². The first-order valence-electron chi connectivity index (χ1n) is 9.31. The summed E-state index contributed by atoms with van der Waals surface area (Å²) in [5.74, 6) is 3.34. The minimum absolute atomic E-state index is 0. The van der Waals surface area contributed by atoms with Crippen molar-refractivity contribution in [2.45, 2.75) is 52.9 Å². The van der Waals surface area contributed by atoms with E-state index in [-0.39, 0.29) is 24.0 Å². The van der Waals surface area contributed by atoms with Crippen LogP contribution < -0.4 is 5.73 Å². The standard InChI is InChI=1S/C18H36N4.HI/c1-15-6-10-22(11-7-15)18(19)20-8-4-5-9-21-13-16(2)12-17(3)14-21;/h15-17H,4-14H2,1-3H3,(H2,19,20);1H. The van der Waals surface area contributed by atoms with Crippen molar-refractivity contribution in [3.05, 3.63) is 0 Å². The van der Waals surface area contributed by atoms with Crippen LogP contribution in [0.4, 0.5) is 0 Å². The second kappa shape index (κ2) is 10.7. The van der Waals surface area contributed by atoms with E-state index in [4.69, 9.17) is 5.73 Å². The van der Waals surface area contributed by atoms with Crippen molar-refractivity contribution in [1.29, 1.82) is 0 Å². The van der Waals surface area contributed by atoms with Gasteiger partial charge in [0.25, 0.3) is 0 Å². The number of hydrogen-bond donors (Lipinski definition) is 1. The molecule has 136 valence electrons. The summed E-state index contributed by atoms with van der Waals surface area (Å²) in [5, 5.41) is 0. The quantitative estimate of drug-likeness (QED) is 0.311. The molecule has 2 atom stereocenters. The number of likely N-dealkylation sites (tertiary alicyclic amines) is 2. The van der Waals surface area contributed by atoms with Crippen molar-refractivity contribution >= 4 is 29.9 Å². The lowest BCUT2D eigenvalue weighted by Crippen LogP contribution is -2.42. The predicted octanol–water partition coefficient (Wildman–Crippen LogP) is 3.41. The smallest absolute Gasteiger partial charge is 0.191 e. The lowest BCUT2D eigenvalue weighted by atomic mass is 9.92. The summed E-state index contributed by atoms with van der Waals surface area (Å²) >= 11 is 0. The van der Waals surface area contributed by atoms with Gasteiger partial charge in [0.2, 0.25) is 0 Å². The Balaban J connectivity index is 0.00000264. The summed E-state index contributed by atoms with van der Waals surface area (Å²) in [6.07, 6.45) is 6.30. The van der Waals surface area contributed by atoms with Crippen LogP contribution in [-0.2, 0) is 0 Å². The first-order valence-corrected chi connectivity index (χ1v) is 9.31. The number of unbranched alkanes of at least 4 members (excludes halogenated alkanes) is 1. The van der Waals surface area contributed by atoms with Crippen LogP contribution in [0.15, 0.2) is 4.99 Å². The zero-order chi connectivity index (χ0) is 15.9. The average molecular weight is 436 g/mol. The first-order chi connectivity index (χ1) is 10.5. The Labute approximate surface area is 160 Å². The molecule has 0 radical (unpaired) electrons. The van der Waals surface area contributed by atoms with Gasteiger partial charge in [0, 0.05) is 32.7 Å². The maximum Gasteiger partial charge on any atom is 0.191 e. The van der Waals surface area contributed by atoms with Crippen molar-refractivity contribution in [2.75, 3.05) is 39.3 Å². The topological polar surface area (TPSA) is 44.9 Å². The fourth-order valence-electron chi connectivity index (χ4n) is 3.95. The van der Waals surface area contributed by atoms with Crippen LogP contribution in [0.2, 0.25) is 0 Å². The molecular formula is C18H37IN4. The molecule has 2 N–H and O–H groups in total. The fourth-order valence-corrected chi connectivity index (χ4v) is 3.95. The van der Waals surface area contributed by atoms with Gasteiger partial charge < -0.3 is 15.5 Å². The first kappa shape index (κ1) is 21.0. The molecule has 2 aliphatic heterocycles. The highest BCUT2D eigenvalue weighted by molar-refractivity contribution is 14.0. The van der Waals surface area contributed by atoms with Crippen LogP contribution in [0.3, 0.4) is 0 Å². The molecule has 4 nitrogen and oxygen atoms in total. The Morgan fingerprint density at radius 1 is 1.00 bits per heavy atom. The normalized spacial score (nSPS) is 27.8. The number of aliphatic imine (C=N–C) groups is 1. The highest BCUT2D eigenvalue weighted by atomic mass is 127. The third-order valence-electron chi connectivity index (χ3n) is 5.21. The minimum Gasteiger partial charge on any atom is -0.370 e. The van der Waals surface area contributed by atoms with Crippen molar-refractivity contribution in [1.82, 2.24) is 9.80 Å². The average Bonchev–Trinajstić information content (AvgIpc) is 2.46. The summed E-state index contributed by atoms with van der Waals surface area (Å²) < 4.78 is 0. The number of rotatable bonds is 5. The minimum atomic E-state index is 0. The van der Waals surface area contributed by atoms with Crippen molar-refractivity contribution in [2.24, 2.45) is 28.5 Å². The van der Waals surface area contributed by atoms with Crippen LogP contribution >= 0.6 is 24.0 Å². The van der Waals surface area contributed by atoms with Gasteiger partial charge in [0.05, 0.1) is 0 Å². The van der Waals surface area contributed by atoms with Crippen molar-refractivity contribution < 1.29 is 0 Å². The number of nitrogens with two attached hydrogens (primary N) is 1. The van der Waals surface area contributed by atoms with E-state index in [1.165, 1.54) is 45.3 Å². The fraction of sp³-hybridized carbons (Fsp3) is 0.944. The van der Waals surface area contributed by atoms with Gasteiger partial charge in [-0.25, -0.2) is 0 Å². The van der Waals surface area contributed by atoms with E-state index >= 15 is 0 Å². The van der Waals surface area contributed by atoms with E-state index < -0.39 is 0 Å². The molecule has 2 aliphatic rings. The SMILES string of the molecule is CC1CCN(C(N)=NCCCCN2CC(C)CC(C)C2)CC1.I.